The number of carbonyl (C=O) groups excluding carboxylic acids is 1. The summed E-state index contributed by atoms with van der Waals surface area (Å²) in [6.45, 7) is 4.55. The Labute approximate surface area is 146 Å². The summed E-state index contributed by atoms with van der Waals surface area (Å²) in [7, 11) is 2.02. The van der Waals surface area contributed by atoms with Gasteiger partial charge < -0.3 is 15.4 Å². The van der Waals surface area contributed by atoms with E-state index in [2.05, 4.69) is 26.0 Å². The van der Waals surface area contributed by atoms with E-state index >= 15 is 0 Å². The number of hydrazine groups is 1. The van der Waals surface area contributed by atoms with Gasteiger partial charge in [0.25, 0.3) is 0 Å². The van der Waals surface area contributed by atoms with Crippen LogP contribution in [0.2, 0.25) is 0 Å². The molecular weight excluding hydrogens is 325 g/mol. The molecule has 0 aromatic heterocycles. The first-order chi connectivity index (χ1) is 12.0. The number of ether oxygens (including phenoxy) is 1. The van der Waals surface area contributed by atoms with Crippen molar-refractivity contribution in [1.82, 2.24) is 20.7 Å². The van der Waals surface area contributed by atoms with Gasteiger partial charge in [-0.1, -0.05) is 0 Å². The molecule has 3 aliphatic rings. The van der Waals surface area contributed by atoms with Gasteiger partial charge >= 0.3 is 5.97 Å². The van der Waals surface area contributed by atoms with Crippen LogP contribution in [-0.4, -0.2) is 61.1 Å². The van der Waals surface area contributed by atoms with Crippen LogP contribution in [0.1, 0.15) is 28.8 Å². The van der Waals surface area contributed by atoms with Crippen LogP contribution in [0.4, 0.5) is 10.1 Å². The second-order valence-corrected chi connectivity index (χ2v) is 6.94. The number of rotatable bonds is 2. The number of nitrogens with zero attached hydrogens (tertiary/aromatic N) is 2. The molecule has 3 N–H and O–H groups in total. The molecule has 3 unspecified atom stereocenters. The van der Waals surface area contributed by atoms with Crippen molar-refractivity contribution in [2.45, 2.75) is 38.2 Å². The smallest absolute Gasteiger partial charge is 0.342 e. The number of nitrogens with one attached hydrogen (secondary N) is 3. The van der Waals surface area contributed by atoms with E-state index in [1.54, 1.807) is 13.0 Å². The number of fused-ring (bicyclic) bond motifs is 1. The van der Waals surface area contributed by atoms with Crippen molar-refractivity contribution >= 4 is 11.7 Å². The summed E-state index contributed by atoms with van der Waals surface area (Å²) in [4.78, 5) is 14.8. The zero-order valence-electron chi connectivity index (χ0n) is 14.5. The topological polar surface area (TPSA) is 68.9 Å². The number of anilines is 1. The van der Waals surface area contributed by atoms with Crippen molar-refractivity contribution in [1.29, 1.82) is 0 Å². The number of hydrogen-bond donors (Lipinski definition) is 3. The van der Waals surface area contributed by atoms with E-state index in [1.165, 1.54) is 6.07 Å². The molecule has 1 aromatic carbocycles. The Bertz CT molecular complexity index is 679. The number of hydrogen-bond acceptors (Lipinski definition) is 7. The highest BCUT2D eigenvalue weighted by atomic mass is 19.1. The highest BCUT2D eigenvalue weighted by molar-refractivity contribution is 5.99. The van der Waals surface area contributed by atoms with Crippen LogP contribution in [0, 0.1) is 12.7 Å². The molecule has 0 amide bonds. The fourth-order valence-corrected chi connectivity index (χ4v) is 3.97. The van der Waals surface area contributed by atoms with E-state index in [1.807, 2.05) is 7.05 Å². The van der Waals surface area contributed by atoms with Crippen molar-refractivity contribution in [3.8, 4) is 0 Å². The van der Waals surface area contributed by atoms with Crippen molar-refractivity contribution in [3.63, 3.8) is 0 Å². The second-order valence-electron chi connectivity index (χ2n) is 6.94. The zero-order chi connectivity index (χ0) is 17.6. The summed E-state index contributed by atoms with van der Waals surface area (Å²) in [5.74, 6) is -0.861. The molecule has 8 heteroatoms. The maximum absolute atomic E-state index is 13.7. The van der Waals surface area contributed by atoms with Gasteiger partial charge in [0, 0.05) is 32.4 Å². The van der Waals surface area contributed by atoms with E-state index in [0.29, 0.717) is 23.0 Å². The van der Waals surface area contributed by atoms with Gasteiger partial charge in [0.05, 0.1) is 23.5 Å². The Hall–Kier alpha value is -1.74. The Kier molecular flexibility index (Phi) is 4.36. The molecule has 3 heterocycles. The normalized spacial score (nSPS) is 30.7. The van der Waals surface area contributed by atoms with E-state index < -0.39 is 18.0 Å². The zero-order valence-corrected chi connectivity index (χ0v) is 14.5. The molecule has 0 radical (unpaired) electrons. The summed E-state index contributed by atoms with van der Waals surface area (Å²) >= 11 is 0. The molecule has 0 aliphatic carbocycles. The van der Waals surface area contributed by atoms with Crippen LogP contribution in [0.5, 0.6) is 0 Å². The van der Waals surface area contributed by atoms with E-state index in [-0.39, 0.29) is 6.04 Å². The molecule has 3 aliphatic heterocycles. The minimum Gasteiger partial charge on any atom is -0.436 e. The molecule has 3 atom stereocenters. The first-order valence-electron chi connectivity index (χ1n) is 8.75. The lowest BCUT2D eigenvalue weighted by Gasteiger charge is -2.44. The molecule has 2 saturated heterocycles. The highest BCUT2D eigenvalue weighted by Crippen LogP contribution is 2.30. The number of benzene rings is 1. The molecular formula is C17H24FN5O2. The van der Waals surface area contributed by atoms with Gasteiger partial charge in [0.15, 0.2) is 6.23 Å². The van der Waals surface area contributed by atoms with Gasteiger partial charge in [-0.25, -0.2) is 19.6 Å². The number of cyclic esters (lactones) is 1. The van der Waals surface area contributed by atoms with Crippen LogP contribution >= 0.6 is 0 Å². The predicted molar refractivity (Wildman–Crippen MR) is 91.2 cm³/mol. The minimum absolute atomic E-state index is 0.0285. The molecule has 0 saturated carbocycles. The Balaban J connectivity index is 1.47. The maximum atomic E-state index is 13.7. The first kappa shape index (κ1) is 16.7. The quantitative estimate of drug-likeness (QED) is 0.683. The first-order valence-corrected chi connectivity index (χ1v) is 8.75. The van der Waals surface area contributed by atoms with Gasteiger partial charge in [0.2, 0.25) is 0 Å². The molecule has 1 aromatic rings. The monoisotopic (exact) mass is 349 g/mol. The van der Waals surface area contributed by atoms with Gasteiger partial charge in [-0.2, -0.15) is 0 Å². The van der Waals surface area contributed by atoms with Crippen molar-refractivity contribution in [2.24, 2.45) is 0 Å². The SMILES string of the molecule is Cc1c(F)ccc2c1C(=O)OC(C1CCC(N3CCNC3)N(C)N1)N2. The average Bonchev–Trinajstić information content (AvgIpc) is 3.12. The van der Waals surface area contributed by atoms with Crippen molar-refractivity contribution in [3.05, 3.63) is 29.1 Å². The van der Waals surface area contributed by atoms with Crippen LogP contribution in [0.25, 0.3) is 0 Å². The molecule has 0 bridgehead atoms. The maximum Gasteiger partial charge on any atom is 0.342 e. The molecule has 2 fully saturated rings. The standard InChI is InChI=1S/C17H24FN5O2/c1-10-11(18)3-4-12-15(10)17(24)25-16(20-12)13-5-6-14(22(2)21-13)23-8-7-19-9-23/h3-4,13-14,16,19-21H,5-9H2,1-2H3. The van der Waals surface area contributed by atoms with Crippen LogP contribution in [0.3, 0.4) is 0 Å². The third kappa shape index (κ3) is 2.99. The van der Waals surface area contributed by atoms with Crippen LogP contribution in [0.15, 0.2) is 12.1 Å². The van der Waals surface area contributed by atoms with E-state index in [9.17, 15) is 9.18 Å². The van der Waals surface area contributed by atoms with E-state index in [4.69, 9.17) is 4.74 Å². The van der Waals surface area contributed by atoms with E-state index in [0.717, 1.165) is 32.6 Å². The predicted octanol–water partition coefficient (Wildman–Crippen LogP) is 0.830. The summed E-state index contributed by atoms with van der Waals surface area (Å²) in [6.07, 6.45) is 1.73. The van der Waals surface area contributed by atoms with Gasteiger partial charge in [-0.15, -0.1) is 0 Å². The van der Waals surface area contributed by atoms with Crippen molar-refractivity contribution in [2.75, 3.05) is 32.1 Å². The lowest BCUT2D eigenvalue weighted by Crippen LogP contribution is -2.63. The largest absolute Gasteiger partial charge is 0.436 e. The fourth-order valence-electron chi connectivity index (χ4n) is 3.97. The Morgan fingerprint density at radius 2 is 2.16 bits per heavy atom. The van der Waals surface area contributed by atoms with Crippen LogP contribution in [-0.2, 0) is 4.74 Å². The third-order valence-electron chi connectivity index (χ3n) is 5.36. The lowest BCUT2D eigenvalue weighted by molar-refractivity contribution is -0.0445. The summed E-state index contributed by atoms with van der Waals surface area (Å²) < 4.78 is 19.3. The Morgan fingerprint density at radius 1 is 1.32 bits per heavy atom. The van der Waals surface area contributed by atoms with Gasteiger partial charge in [0.1, 0.15) is 5.82 Å². The summed E-state index contributed by atoms with van der Waals surface area (Å²) in [5.41, 5.74) is 4.69. The molecule has 25 heavy (non-hydrogen) atoms. The number of carbonyl (C=O) groups is 1. The van der Waals surface area contributed by atoms with Crippen LogP contribution < -0.4 is 16.1 Å². The number of halogens is 1. The highest BCUT2D eigenvalue weighted by Gasteiger charge is 2.38. The lowest BCUT2D eigenvalue weighted by atomic mass is 10.0. The van der Waals surface area contributed by atoms with Gasteiger partial charge in [-0.05, 0) is 31.9 Å². The third-order valence-corrected chi connectivity index (χ3v) is 5.36. The van der Waals surface area contributed by atoms with Gasteiger partial charge in [-0.3, -0.25) is 4.90 Å². The summed E-state index contributed by atoms with van der Waals surface area (Å²) in [6, 6.07) is 2.96. The second kappa shape index (κ2) is 6.53. The molecule has 7 nitrogen and oxygen atoms in total. The fraction of sp³-hybridized carbons (Fsp3) is 0.588. The summed E-state index contributed by atoms with van der Waals surface area (Å²) in [5, 5.41) is 8.70. The molecule has 136 valence electrons. The minimum atomic E-state index is -0.468. The average molecular weight is 349 g/mol. The molecule has 4 rings (SSSR count). The molecule has 0 spiro atoms. The Morgan fingerprint density at radius 3 is 2.88 bits per heavy atom. The number of esters is 1. The van der Waals surface area contributed by atoms with Crippen molar-refractivity contribution < 1.29 is 13.9 Å².